The summed E-state index contributed by atoms with van der Waals surface area (Å²) in [6, 6.07) is 14.4. The molecule has 0 aliphatic carbocycles. The molecule has 1 fully saturated rings. The highest BCUT2D eigenvalue weighted by Crippen LogP contribution is 2.35. The number of aromatic nitrogens is 4. The largest absolute Gasteiger partial charge is 0.351 e. The summed E-state index contributed by atoms with van der Waals surface area (Å²) in [5, 5.41) is 4.73. The first-order chi connectivity index (χ1) is 15.1. The molecule has 31 heavy (non-hydrogen) atoms. The quantitative estimate of drug-likeness (QED) is 0.357. The maximum Gasteiger partial charge on any atom is 0.205 e. The molecule has 1 aromatic carbocycles. The van der Waals surface area contributed by atoms with Crippen LogP contribution in [0.25, 0.3) is 11.7 Å². The van der Waals surface area contributed by atoms with Crippen molar-refractivity contribution in [2.24, 2.45) is 7.05 Å². The third kappa shape index (κ3) is 3.63. The highest BCUT2D eigenvalue weighted by atomic mass is 19.1. The summed E-state index contributed by atoms with van der Waals surface area (Å²) < 4.78 is 17.3. The Balaban J connectivity index is 1.47. The third-order valence-corrected chi connectivity index (χ3v) is 5.77. The molecule has 5 rings (SSSR count). The lowest BCUT2D eigenvalue weighted by Gasteiger charge is -2.26. The summed E-state index contributed by atoms with van der Waals surface area (Å²) in [4.78, 5) is 19.3. The van der Waals surface area contributed by atoms with E-state index < -0.39 is 0 Å². The lowest BCUT2D eigenvalue weighted by molar-refractivity contribution is 0.104. The van der Waals surface area contributed by atoms with Gasteiger partial charge in [0.2, 0.25) is 5.78 Å². The smallest absolute Gasteiger partial charge is 0.205 e. The predicted octanol–water partition coefficient (Wildman–Crippen LogP) is 4.44. The molecule has 4 aromatic rings. The van der Waals surface area contributed by atoms with Crippen LogP contribution in [0.4, 0.5) is 10.2 Å². The van der Waals surface area contributed by atoms with Crippen LogP contribution in [0.2, 0.25) is 0 Å². The number of anilines is 1. The zero-order chi connectivity index (χ0) is 21.4. The monoisotopic (exact) mass is 415 g/mol. The Hall–Kier alpha value is -3.74. The van der Waals surface area contributed by atoms with Gasteiger partial charge in [0.1, 0.15) is 17.3 Å². The number of halogens is 1. The fourth-order valence-electron chi connectivity index (χ4n) is 4.18. The molecule has 4 heterocycles. The fraction of sp³-hybridized carbons (Fsp3) is 0.208. The Bertz CT molecular complexity index is 1290. The molecule has 0 N–H and O–H groups in total. The molecule has 0 saturated carbocycles. The summed E-state index contributed by atoms with van der Waals surface area (Å²) in [5.74, 6) is 0.347. The van der Waals surface area contributed by atoms with Crippen LogP contribution in [0.15, 0.2) is 67.0 Å². The van der Waals surface area contributed by atoms with Gasteiger partial charge in [0, 0.05) is 25.5 Å². The summed E-state index contributed by atoms with van der Waals surface area (Å²) >= 11 is 0. The molecule has 1 unspecified atom stereocenters. The summed E-state index contributed by atoms with van der Waals surface area (Å²) in [6.45, 7) is 0.824. The predicted molar refractivity (Wildman–Crippen MR) is 117 cm³/mol. The number of benzene rings is 1. The van der Waals surface area contributed by atoms with Gasteiger partial charge in [-0.1, -0.05) is 12.1 Å². The minimum absolute atomic E-state index is 0.0561. The third-order valence-electron chi connectivity index (χ3n) is 5.77. The first-order valence-corrected chi connectivity index (χ1v) is 10.3. The number of imidazole rings is 1. The van der Waals surface area contributed by atoms with Crippen LogP contribution in [0.1, 0.15) is 40.6 Å². The number of carbonyl (C=O) groups is 1. The van der Waals surface area contributed by atoms with Gasteiger partial charge >= 0.3 is 0 Å². The van der Waals surface area contributed by atoms with Crippen molar-refractivity contribution in [1.29, 1.82) is 0 Å². The highest BCUT2D eigenvalue weighted by molar-refractivity contribution is 6.05. The zero-order valence-electron chi connectivity index (χ0n) is 17.1. The van der Waals surface area contributed by atoms with Crippen molar-refractivity contribution in [3.63, 3.8) is 0 Å². The van der Waals surface area contributed by atoms with Gasteiger partial charge in [-0.05, 0) is 67.0 Å². The van der Waals surface area contributed by atoms with E-state index in [0.717, 1.165) is 36.5 Å². The topological polar surface area (TPSA) is 55.4 Å². The molecular weight excluding hydrogens is 393 g/mol. The van der Waals surface area contributed by atoms with Crippen molar-refractivity contribution >= 4 is 23.3 Å². The normalized spacial score (nSPS) is 16.6. The first-order valence-electron chi connectivity index (χ1n) is 10.3. The number of rotatable bonds is 5. The van der Waals surface area contributed by atoms with E-state index >= 15 is 0 Å². The molecule has 0 amide bonds. The van der Waals surface area contributed by atoms with E-state index in [1.54, 1.807) is 35.0 Å². The second-order valence-corrected chi connectivity index (χ2v) is 7.75. The van der Waals surface area contributed by atoms with Crippen molar-refractivity contribution in [3.8, 4) is 0 Å². The number of hydrogen-bond donors (Lipinski definition) is 0. The molecule has 1 aliphatic rings. The number of aryl methyl sites for hydroxylation is 1. The second kappa shape index (κ2) is 7.83. The van der Waals surface area contributed by atoms with Crippen LogP contribution in [0.3, 0.4) is 0 Å². The van der Waals surface area contributed by atoms with Crippen LogP contribution in [0.5, 0.6) is 0 Å². The Morgan fingerprint density at radius 3 is 2.90 bits per heavy atom. The molecule has 0 radical (unpaired) electrons. The minimum Gasteiger partial charge on any atom is -0.351 e. The van der Waals surface area contributed by atoms with Crippen LogP contribution in [-0.4, -0.2) is 31.5 Å². The summed E-state index contributed by atoms with van der Waals surface area (Å²) in [5.41, 5.74) is 2.89. The molecule has 0 spiro atoms. The number of allylic oxidation sites excluding steroid dienone is 1. The van der Waals surface area contributed by atoms with Crippen LogP contribution >= 0.6 is 0 Å². The van der Waals surface area contributed by atoms with Crippen molar-refractivity contribution < 1.29 is 9.18 Å². The standard InChI is InChI=1S/C24H22FN5O/c1-28-13-3-7-19(28)9-10-22(31)21-16-26-23-11-12-24(27-30(21)23)29-14-4-8-20(29)17-5-2-6-18(25)15-17/h2-3,5-7,9-13,15-16,20H,4,8,14H2,1H3/b10-9+. The lowest BCUT2D eigenvalue weighted by atomic mass is 10.0. The summed E-state index contributed by atoms with van der Waals surface area (Å²) in [6.07, 6.45) is 8.73. The average molecular weight is 415 g/mol. The van der Waals surface area contributed by atoms with E-state index in [1.807, 2.05) is 48.1 Å². The highest BCUT2D eigenvalue weighted by Gasteiger charge is 2.28. The van der Waals surface area contributed by atoms with Gasteiger partial charge in [-0.3, -0.25) is 4.79 Å². The molecule has 1 aliphatic heterocycles. The SMILES string of the molecule is Cn1cccc1/C=C/C(=O)c1cnc2ccc(N3CCCC3c3cccc(F)c3)nn12. The molecular formula is C24H22FN5O. The maximum absolute atomic E-state index is 13.8. The number of nitrogens with zero attached hydrogens (tertiary/aromatic N) is 5. The molecule has 0 bridgehead atoms. The molecule has 1 saturated heterocycles. The van der Waals surface area contributed by atoms with Gasteiger partial charge in [-0.15, -0.1) is 5.10 Å². The Morgan fingerprint density at radius 2 is 2.10 bits per heavy atom. The van der Waals surface area contributed by atoms with Crippen molar-refractivity contribution in [2.45, 2.75) is 18.9 Å². The summed E-state index contributed by atoms with van der Waals surface area (Å²) in [7, 11) is 1.93. The van der Waals surface area contributed by atoms with E-state index in [2.05, 4.69) is 9.88 Å². The molecule has 6 nitrogen and oxygen atoms in total. The number of carbonyl (C=O) groups excluding carboxylic acids is 1. The number of ketones is 1. The Labute approximate surface area is 179 Å². The van der Waals surface area contributed by atoms with Crippen LogP contribution < -0.4 is 4.90 Å². The minimum atomic E-state index is -0.236. The van der Waals surface area contributed by atoms with E-state index in [4.69, 9.17) is 5.10 Å². The Kier molecular flexibility index (Phi) is 4.86. The van der Waals surface area contributed by atoms with E-state index in [1.165, 1.54) is 6.07 Å². The van der Waals surface area contributed by atoms with E-state index in [0.29, 0.717) is 11.3 Å². The van der Waals surface area contributed by atoms with Gasteiger partial charge in [-0.25, -0.2) is 13.9 Å². The van der Waals surface area contributed by atoms with Gasteiger partial charge in [0.25, 0.3) is 0 Å². The average Bonchev–Trinajstić information content (AvgIpc) is 3.51. The first kappa shape index (κ1) is 19.2. The van der Waals surface area contributed by atoms with Crippen molar-refractivity contribution in [3.05, 3.63) is 89.8 Å². The second-order valence-electron chi connectivity index (χ2n) is 7.75. The number of fused-ring (bicyclic) bond motifs is 1. The fourth-order valence-corrected chi connectivity index (χ4v) is 4.18. The van der Waals surface area contributed by atoms with E-state index in [-0.39, 0.29) is 17.6 Å². The molecule has 7 heteroatoms. The molecule has 1 atom stereocenters. The van der Waals surface area contributed by atoms with Crippen LogP contribution in [0, 0.1) is 5.82 Å². The van der Waals surface area contributed by atoms with Gasteiger partial charge in [0.05, 0.1) is 12.2 Å². The van der Waals surface area contributed by atoms with Crippen LogP contribution in [-0.2, 0) is 7.05 Å². The maximum atomic E-state index is 13.8. The molecule has 3 aromatic heterocycles. The van der Waals surface area contributed by atoms with E-state index in [9.17, 15) is 9.18 Å². The molecule has 156 valence electrons. The van der Waals surface area contributed by atoms with Crippen molar-refractivity contribution in [2.75, 3.05) is 11.4 Å². The zero-order valence-corrected chi connectivity index (χ0v) is 17.1. The van der Waals surface area contributed by atoms with Gasteiger partial charge in [0.15, 0.2) is 5.65 Å². The number of hydrogen-bond acceptors (Lipinski definition) is 4. The Morgan fingerprint density at radius 1 is 1.19 bits per heavy atom. The van der Waals surface area contributed by atoms with Crippen molar-refractivity contribution in [1.82, 2.24) is 19.2 Å². The van der Waals surface area contributed by atoms with Gasteiger partial charge in [-0.2, -0.15) is 0 Å². The van der Waals surface area contributed by atoms with Gasteiger partial charge < -0.3 is 9.47 Å². The lowest BCUT2D eigenvalue weighted by Crippen LogP contribution is -2.24.